The first-order chi connectivity index (χ1) is 12.3. The van der Waals surface area contributed by atoms with Crippen LogP contribution in [-0.4, -0.2) is 0 Å². The van der Waals surface area contributed by atoms with Gasteiger partial charge in [0, 0.05) is 5.41 Å². The van der Waals surface area contributed by atoms with E-state index in [4.69, 9.17) is 0 Å². The summed E-state index contributed by atoms with van der Waals surface area (Å²) in [4.78, 5) is 0. The van der Waals surface area contributed by atoms with Crippen LogP contribution in [0.1, 0.15) is 88.5 Å². The topological polar surface area (TPSA) is 0 Å². The SMILES string of the molecule is C=C/C(=C\C=C/C)C1(C(/C=C\C)=C/C)CC(C)CC(C)(C)C1.CC.CC. The summed E-state index contributed by atoms with van der Waals surface area (Å²) >= 11 is 0. The van der Waals surface area contributed by atoms with Gasteiger partial charge in [0.25, 0.3) is 0 Å². The van der Waals surface area contributed by atoms with Crippen molar-refractivity contribution in [2.24, 2.45) is 16.7 Å². The molecular formula is C26H46. The Morgan fingerprint density at radius 2 is 1.50 bits per heavy atom. The average Bonchev–Trinajstić information content (AvgIpc) is 2.61. The molecule has 1 rings (SSSR count). The zero-order valence-corrected chi connectivity index (χ0v) is 19.4. The molecule has 0 amide bonds. The molecule has 150 valence electrons. The summed E-state index contributed by atoms with van der Waals surface area (Å²) in [5.74, 6) is 0.720. The van der Waals surface area contributed by atoms with Crippen LogP contribution >= 0.6 is 0 Å². The Morgan fingerprint density at radius 1 is 0.923 bits per heavy atom. The molecule has 0 aromatic carbocycles. The highest BCUT2D eigenvalue weighted by atomic mass is 14.5. The molecule has 0 heteroatoms. The Morgan fingerprint density at radius 3 is 1.88 bits per heavy atom. The van der Waals surface area contributed by atoms with Crippen molar-refractivity contribution in [2.45, 2.75) is 88.5 Å². The van der Waals surface area contributed by atoms with Gasteiger partial charge in [-0.05, 0) is 62.5 Å². The third-order valence-electron chi connectivity index (χ3n) is 4.83. The predicted octanol–water partition coefficient (Wildman–Crippen LogP) is 9.08. The lowest BCUT2D eigenvalue weighted by Crippen LogP contribution is -2.39. The van der Waals surface area contributed by atoms with Crippen molar-refractivity contribution in [2.75, 3.05) is 0 Å². The molecule has 0 aliphatic heterocycles. The molecule has 26 heavy (non-hydrogen) atoms. The van der Waals surface area contributed by atoms with Crippen molar-refractivity contribution in [1.82, 2.24) is 0 Å². The van der Waals surface area contributed by atoms with Crippen LogP contribution in [0.3, 0.4) is 0 Å². The molecule has 0 spiro atoms. The molecule has 0 nitrogen and oxygen atoms in total. The zero-order chi connectivity index (χ0) is 20.8. The first-order valence-electron chi connectivity index (χ1n) is 10.6. The Kier molecular flexibility index (Phi) is 14.3. The maximum Gasteiger partial charge on any atom is 0.0206 e. The van der Waals surface area contributed by atoms with Crippen molar-refractivity contribution in [3.05, 3.63) is 60.3 Å². The van der Waals surface area contributed by atoms with Gasteiger partial charge in [-0.2, -0.15) is 0 Å². The van der Waals surface area contributed by atoms with Crippen LogP contribution in [0.25, 0.3) is 0 Å². The lowest BCUT2D eigenvalue weighted by molar-refractivity contribution is 0.103. The normalized spacial score (nSPS) is 26.0. The summed E-state index contributed by atoms with van der Waals surface area (Å²) in [6, 6.07) is 0. The van der Waals surface area contributed by atoms with Crippen LogP contribution in [0.4, 0.5) is 0 Å². The number of rotatable bonds is 5. The zero-order valence-electron chi connectivity index (χ0n) is 19.4. The van der Waals surface area contributed by atoms with E-state index in [2.05, 4.69) is 90.7 Å². The molecule has 2 atom stereocenters. The van der Waals surface area contributed by atoms with E-state index in [1.54, 1.807) is 0 Å². The first kappa shape index (κ1) is 26.9. The Bertz CT molecular complexity index is 496. The third kappa shape index (κ3) is 7.52. The van der Waals surface area contributed by atoms with Gasteiger partial charge in [0.15, 0.2) is 0 Å². The van der Waals surface area contributed by atoms with Gasteiger partial charge in [-0.15, -0.1) is 0 Å². The molecule has 0 saturated heterocycles. The molecular weight excluding hydrogens is 312 g/mol. The minimum absolute atomic E-state index is 0.0870. The second-order valence-electron chi connectivity index (χ2n) is 7.53. The molecule has 2 unspecified atom stereocenters. The van der Waals surface area contributed by atoms with E-state index in [0.717, 1.165) is 5.92 Å². The van der Waals surface area contributed by atoms with Crippen molar-refractivity contribution in [3.8, 4) is 0 Å². The Labute approximate surface area is 165 Å². The largest absolute Gasteiger partial charge is 0.0988 e. The summed E-state index contributed by atoms with van der Waals surface area (Å²) in [6.45, 7) is 25.7. The van der Waals surface area contributed by atoms with E-state index in [1.807, 2.05) is 27.7 Å². The highest BCUT2D eigenvalue weighted by molar-refractivity contribution is 5.43. The fourth-order valence-corrected chi connectivity index (χ4v) is 4.51. The molecule has 0 radical (unpaired) electrons. The lowest BCUT2D eigenvalue weighted by Gasteiger charge is -2.49. The monoisotopic (exact) mass is 358 g/mol. The van der Waals surface area contributed by atoms with E-state index in [0.29, 0.717) is 5.41 Å². The van der Waals surface area contributed by atoms with Crippen molar-refractivity contribution in [3.63, 3.8) is 0 Å². The highest BCUT2D eigenvalue weighted by Gasteiger charge is 2.45. The quantitative estimate of drug-likeness (QED) is 0.430. The van der Waals surface area contributed by atoms with Crippen LogP contribution in [0.5, 0.6) is 0 Å². The average molecular weight is 359 g/mol. The fourth-order valence-electron chi connectivity index (χ4n) is 4.51. The van der Waals surface area contributed by atoms with E-state index in [9.17, 15) is 0 Å². The third-order valence-corrected chi connectivity index (χ3v) is 4.83. The molecule has 1 aliphatic rings. The molecule has 1 fully saturated rings. The van der Waals surface area contributed by atoms with Gasteiger partial charge in [0.05, 0.1) is 0 Å². The summed E-state index contributed by atoms with van der Waals surface area (Å²) in [7, 11) is 0. The van der Waals surface area contributed by atoms with Crippen LogP contribution in [0, 0.1) is 16.7 Å². The summed E-state index contributed by atoms with van der Waals surface area (Å²) < 4.78 is 0. The molecule has 1 saturated carbocycles. The molecule has 0 heterocycles. The van der Waals surface area contributed by atoms with Crippen LogP contribution in [0.2, 0.25) is 0 Å². The van der Waals surface area contributed by atoms with E-state index >= 15 is 0 Å². The number of hydrogen-bond acceptors (Lipinski definition) is 0. The maximum absolute atomic E-state index is 4.13. The van der Waals surface area contributed by atoms with Gasteiger partial charge in [-0.25, -0.2) is 0 Å². The lowest BCUT2D eigenvalue weighted by atomic mass is 9.54. The van der Waals surface area contributed by atoms with Gasteiger partial charge in [-0.3, -0.25) is 0 Å². The Balaban J connectivity index is 0. The fraction of sp³-hybridized carbons (Fsp3) is 0.615. The predicted molar refractivity (Wildman–Crippen MR) is 124 cm³/mol. The number of hydrogen-bond donors (Lipinski definition) is 0. The van der Waals surface area contributed by atoms with Gasteiger partial charge in [0.2, 0.25) is 0 Å². The van der Waals surface area contributed by atoms with Crippen molar-refractivity contribution in [1.29, 1.82) is 0 Å². The molecule has 0 aromatic heterocycles. The minimum atomic E-state index is 0.0870. The van der Waals surface area contributed by atoms with Gasteiger partial charge < -0.3 is 0 Å². The van der Waals surface area contributed by atoms with Crippen molar-refractivity contribution >= 4 is 0 Å². The van der Waals surface area contributed by atoms with Crippen LogP contribution < -0.4 is 0 Å². The van der Waals surface area contributed by atoms with Crippen molar-refractivity contribution < 1.29 is 0 Å². The van der Waals surface area contributed by atoms with E-state index in [-0.39, 0.29) is 5.41 Å². The number of allylic oxidation sites excluding steroid dienone is 9. The molecule has 0 bridgehead atoms. The van der Waals surface area contributed by atoms with E-state index in [1.165, 1.54) is 30.4 Å². The molecule has 0 aromatic rings. The molecule has 0 N–H and O–H groups in total. The second kappa shape index (κ2) is 13.8. The summed E-state index contributed by atoms with van der Waals surface area (Å²) in [5, 5.41) is 0. The van der Waals surface area contributed by atoms with Crippen LogP contribution in [-0.2, 0) is 0 Å². The second-order valence-corrected chi connectivity index (χ2v) is 7.53. The first-order valence-corrected chi connectivity index (χ1v) is 10.6. The maximum atomic E-state index is 4.13. The summed E-state index contributed by atoms with van der Waals surface area (Å²) in [6.07, 6.45) is 19.0. The highest BCUT2D eigenvalue weighted by Crippen LogP contribution is 2.56. The smallest absolute Gasteiger partial charge is 0.0206 e. The minimum Gasteiger partial charge on any atom is -0.0988 e. The van der Waals surface area contributed by atoms with Gasteiger partial charge in [0.1, 0.15) is 0 Å². The van der Waals surface area contributed by atoms with E-state index < -0.39 is 0 Å². The van der Waals surface area contributed by atoms with Gasteiger partial charge >= 0.3 is 0 Å². The standard InChI is InChI=1S/C22H34.2C2H6/c1-8-12-14-20(11-4)22(19(10-3)13-9-2)16-18(5)15-21(6,7)17-22;2*1-2/h8-14,18H,4,15-17H2,1-3,5-7H3;2*1-2H3/b12-8-,13-9-,19-10+,20-14+;;. The Hall–Kier alpha value is -1.30. The molecule has 1 aliphatic carbocycles. The summed E-state index contributed by atoms with van der Waals surface area (Å²) in [5.41, 5.74) is 3.23. The van der Waals surface area contributed by atoms with Crippen LogP contribution in [0.15, 0.2) is 60.3 Å². The van der Waals surface area contributed by atoms with Gasteiger partial charge in [-0.1, -0.05) is 97.6 Å².